The van der Waals surface area contributed by atoms with Crippen molar-refractivity contribution in [3.63, 3.8) is 0 Å². The third-order valence-corrected chi connectivity index (χ3v) is 4.52. The van der Waals surface area contributed by atoms with Crippen molar-refractivity contribution in [3.8, 4) is 5.75 Å². The van der Waals surface area contributed by atoms with Gasteiger partial charge in [0, 0.05) is 23.1 Å². The van der Waals surface area contributed by atoms with Gasteiger partial charge in [0.05, 0.1) is 7.11 Å². The van der Waals surface area contributed by atoms with Gasteiger partial charge in [0.1, 0.15) is 11.4 Å². The maximum Gasteiger partial charge on any atom is 0.274 e. The fourth-order valence-corrected chi connectivity index (χ4v) is 3.13. The largest absolute Gasteiger partial charge is 0.497 e. The number of aryl methyl sites for hydroxylation is 3. The molecule has 6 nitrogen and oxygen atoms in total. The van der Waals surface area contributed by atoms with E-state index in [1.165, 1.54) is 12.3 Å². The highest BCUT2D eigenvalue weighted by molar-refractivity contribution is 6.08. The van der Waals surface area contributed by atoms with E-state index in [1.54, 1.807) is 37.4 Å². The van der Waals surface area contributed by atoms with Gasteiger partial charge in [0.15, 0.2) is 0 Å². The van der Waals surface area contributed by atoms with Crippen LogP contribution in [0.4, 0.5) is 11.4 Å². The molecule has 3 aromatic rings. The Kier molecular flexibility index (Phi) is 5.93. The maximum atomic E-state index is 12.7. The monoisotopic (exact) mass is 389 g/mol. The Hall–Kier alpha value is -3.67. The van der Waals surface area contributed by atoms with Crippen molar-refractivity contribution in [3.05, 3.63) is 82.7 Å². The lowest BCUT2D eigenvalue weighted by atomic mass is 10.0. The van der Waals surface area contributed by atoms with Crippen LogP contribution in [0.2, 0.25) is 0 Å². The smallest absolute Gasteiger partial charge is 0.274 e. The minimum Gasteiger partial charge on any atom is -0.497 e. The average molecular weight is 389 g/mol. The molecule has 0 aliphatic heterocycles. The molecule has 0 radical (unpaired) electrons. The van der Waals surface area contributed by atoms with E-state index < -0.39 is 5.91 Å². The lowest BCUT2D eigenvalue weighted by molar-refractivity contribution is 0.102. The number of rotatable bonds is 5. The molecule has 0 saturated carbocycles. The van der Waals surface area contributed by atoms with Gasteiger partial charge in [-0.15, -0.1) is 0 Å². The molecular formula is C23H23N3O3. The lowest BCUT2D eigenvalue weighted by Crippen LogP contribution is -2.17. The molecule has 1 aromatic heterocycles. The molecule has 29 heavy (non-hydrogen) atoms. The number of carbonyl (C=O) groups excluding carboxylic acids is 2. The number of anilines is 2. The molecular weight excluding hydrogens is 366 g/mol. The van der Waals surface area contributed by atoms with Crippen LogP contribution in [-0.4, -0.2) is 23.9 Å². The first-order valence-corrected chi connectivity index (χ1v) is 9.18. The summed E-state index contributed by atoms with van der Waals surface area (Å²) in [5.41, 5.74) is 5.02. The van der Waals surface area contributed by atoms with E-state index in [-0.39, 0.29) is 11.6 Å². The van der Waals surface area contributed by atoms with Crippen molar-refractivity contribution < 1.29 is 14.3 Å². The molecule has 0 fully saturated rings. The van der Waals surface area contributed by atoms with Crippen LogP contribution >= 0.6 is 0 Å². The van der Waals surface area contributed by atoms with Crippen LogP contribution in [0.5, 0.6) is 5.75 Å². The summed E-state index contributed by atoms with van der Waals surface area (Å²) in [6, 6.07) is 14.1. The molecule has 1 heterocycles. The van der Waals surface area contributed by atoms with Crippen LogP contribution in [0, 0.1) is 20.8 Å². The quantitative estimate of drug-likeness (QED) is 0.672. The van der Waals surface area contributed by atoms with Crippen LogP contribution in [0.15, 0.2) is 54.7 Å². The number of hydrogen-bond acceptors (Lipinski definition) is 4. The topological polar surface area (TPSA) is 80.3 Å². The average Bonchev–Trinajstić information content (AvgIpc) is 2.71. The zero-order valence-electron chi connectivity index (χ0n) is 16.9. The zero-order chi connectivity index (χ0) is 21.0. The molecule has 0 aliphatic rings. The van der Waals surface area contributed by atoms with E-state index in [0.29, 0.717) is 17.0 Å². The van der Waals surface area contributed by atoms with Crippen LogP contribution in [-0.2, 0) is 0 Å². The first-order chi connectivity index (χ1) is 13.9. The third-order valence-electron chi connectivity index (χ3n) is 4.52. The molecule has 3 rings (SSSR count). The second kappa shape index (κ2) is 8.56. The number of carbonyl (C=O) groups is 2. The summed E-state index contributed by atoms with van der Waals surface area (Å²) in [5.74, 6) is 0.00921. The first kappa shape index (κ1) is 20.1. The Labute approximate surface area is 169 Å². The van der Waals surface area contributed by atoms with Crippen molar-refractivity contribution in [2.45, 2.75) is 20.8 Å². The van der Waals surface area contributed by atoms with Crippen molar-refractivity contribution in [2.75, 3.05) is 17.7 Å². The van der Waals surface area contributed by atoms with Crippen LogP contribution < -0.4 is 15.4 Å². The van der Waals surface area contributed by atoms with Crippen molar-refractivity contribution in [2.24, 2.45) is 0 Å². The summed E-state index contributed by atoms with van der Waals surface area (Å²) in [7, 11) is 1.58. The van der Waals surface area contributed by atoms with Crippen LogP contribution in [0.25, 0.3) is 0 Å². The summed E-state index contributed by atoms with van der Waals surface area (Å²) in [6.45, 7) is 5.92. The summed E-state index contributed by atoms with van der Waals surface area (Å²) < 4.78 is 5.10. The fraction of sp³-hybridized carbons (Fsp3) is 0.174. The second-order valence-corrected chi connectivity index (χ2v) is 6.84. The highest BCUT2D eigenvalue weighted by Crippen LogP contribution is 2.23. The number of pyridine rings is 1. The number of benzene rings is 2. The van der Waals surface area contributed by atoms with Gasteiger partial charge in [-0.2, -0.15) is 0 Å². The Morgan fingerprint density at radius 1 is 0.862 bits per heavy atom. The van der Waals surface area contributed by atoms with Gasteiger partial charge in [0.2, 0.25) is 0 Å². The van der Waals surface area contributed by atoms with E-state index in [0.717, 1.165) is 22.4 Å². The number of hydrogen-bond donors (Lipinski definition) is 2. The second-order valence-electron chi connectivity index (χ2n) is 6.84. The summed E-state index contributed by atoms with van der Waals surface area (Å²) in [5, 5.41) is 5.70. The molecule has 148 valence electrons. The van der Waals surface area contributed by atoms with E-state index in [1.807, 2.05) is 32.9 Å². The highest BCUT2D eigenvalue weighted by atomic mass is 16.5. The molecule has 0 aliphatic carbocycles. The summed E-state index contributed by atoms with van der Waals surface area (Å²) in [6.07, 6.45) is 1.45. The predicted octanol–water partition coefficient (Wildman–Crippen LogP) is 4.52. The van der Waals surface area contributed by atoms with Gasteiger partial charge >= 0.3 is 0 Å². The van der Waals surface area contributed by atoms with Crippen LogP contribution in [0.3, 0.4) is 0 Å². The number of ether oxygens (including phenoxy) is 1. The van der Waals surface area contributed by atoms with Gasteiger partial charge < -0.3 is 15.4 Å². The van der Waals surface area contributed by atoms with Crippen molar-refractivity contribution in [1.82, 2.24) is 4.98 Å². The third kappa shape index (κ3) is 4.79. The molecule has 2 amide bonds. The minimum absolute atomic E-state index is 0.158. The molecule has 0 bridgehead atoms. The summed E-state index contributed by atoms with van der Waals surface area (Å²) >= 11 is 0. The molecule has 2 N–H and O–H groups in total. The Bertz CT molecular complexity index is 1040. The summed E-state index contributed by atoms with van der Waals surface area (Å²) in [4.78, 5) is 29.3. The minimum atomic E-state index is -0.396. The number of amides is 2. The number of nitrogens with one attached hydrogen (secondary N) is 2. The highest BCUT2D eigenvalue weighted by Gasteiger charge is 2.14. The van der Waals surface area contributed by atoms with Gasteiger partial charge in [0.25, 0.3) is 11.8 Å². The van der Waals surface area contributed by atoms with E-state index in [4.69, 9.17) is 4.74 Å². The number of nitrogens with zero attached hydrogens (tertiary/aromatic N) is 1. The van der Waals surface area contributed by atoms with Gasteiger partial charge in [-0.05, 0) is 68.3 Å². The Morgan fingerprint density at radius 3 is 2.14 bits per heavy atom. The van der Waals surface area contributed by atoms with Gasteiger partial charge in [-0.1, -0.05) is 17.7 Å². The molecule has 0 atom stereocenters. The maximum absolute atomic E-state index is 12.7. The molecule has 2 aromatic carbocycles. The zero-order valence-corrected chi connectivity index (χ0v) is 16.9. The van der Waals surface area contributed by atoms with E-state index in [2.05, 4.69) is 15.6 Å². The number of methoxy groups -OCH3 is 1. The van der Waals surface area contributed by atoms with Crippen LogP contribution in [0.1, 0.15) is 37.5 Å². The van der Waals surface area contributed by atoms with Gasteiger partial charge in [-0.25, -0.2) is 0 Å². The fourth-order valence-electron chi connectivity index (χ4n) is 3.13. The predicted molar refractivity (Wildman–Crippen MR) is 114 cm³/mol. The SMILES string of the molecule is COc1ccc(NC(=O)c2cc(C(=O)Nc3c(C)cc(C)cc3C)ccn2)cc1. The van der Waals surface area contributed by atoms with Crippen molar-refractivity contribution in [1.29, 1.82) is 0 Å². The normalized spacial score (nSPS) is 10.3. The standard InChI is InChI=1S/C23H23N3O3/c1-14-11-15(2)21(16(3)12-14)26-22(27)17-9-10-24-20(13-17)23(28)25-18-5-7-19(29-4)8-6-18/h5-13H,1-4H3,(H,25,28)(H,26,27). The Morgan fingerprint density at radius 2 is 1.52 bits per heavy atom. The van der Waals surface area contributed by atoms with E-state index >= 15 is 0 Å². The van der Waals surface area contributed by atoms with Gasteiger partial charge in [-0.3, -0.25) is 14.6 Å². The Balaban J connectivity index is 1.76. The first-order valence-electron chi connectivity index (χ1n) is 9.18. The molecule has 0 unspecified atom stereocenters. The number of aromatic nitrogens is 1. The van der Waals surface area contributed by atoms with Crippen molar-refractivity contribution >= 4 is 23.2 Å². The van der Waals surface area contributed by atoms with E-state index in [9.17, 15) is 9.59 Å². The molecule has 0 spiro atoms. The molecule has 6 heteroatoms. The molecule has 0 saturated heterocycles. The lowest BCUT2D eigenvalue weighted by Gasteiger charge is -2.13.